The number of nitrogens with one attached hydrogen (secondary N) is 1. The smallest absolute Gasteiger partial charge is 0.207 e. The van der Waals surface area contributed by atoms with Crippen LogP contribution in [0.15, 0.2) is 42.5 Å². The van der Waals surface area contributed by atoms with Crippen LogP contribution >= 0.6 is 0 Å². The first-order valence-corrected chi connectivity index (χ1v) is 13.8. The summed E-state index contributed by atoms with van der Waals surface area (Å²) < 4.78 is 5.24. The van der Waals surface area contributed by atoms with Crippen molar-refractivity contribution in [3.05, 3.63) is 53.6 Å². The predicted molar refractivity (Wildman–Crippen MR) is 163 cm³/mol. The second kappa shape index (κ2) is 25.1. The van der Waals surface area contributed by atoms with Crippen LogP contribution in [-0.2, 0) is 20.7 Å². The number of nitrogens with zero attached hydrogens (tertiary/aromatic N) is 2. The van der Waals surface area contributed by atoms with Gasteiger partial charge in [-0.25, -0.2) is 0 Å². The average molecular weight is 542 g/mol. The molecule has 0 aromatic heterocycles. The van der Waals surface area contributed by atoms with Gasteiger partial charge in [0.05, 0.1) is 18.8 Å². The lowest BCUT2D eigenvalue weighted by Crippen LogP contribution is -2.18. The van der Waals surface area contributed by atoms with E-state index in [0.29, 0.717) is 25.4 Å². The summed E-state index contributed by atoms with van der Waals surface area (Å²) in [7, 11) is 4.01. The molecule has 218 valence electrons. The van der Waals surface area contributed by atoms with Gasteiger partial charge in [-0.15, -0.1) is 0 Å². The Morgan fingerprint density at radius 2 is 1.69 bits per heavy atom. The minimum Gasteiger partial charge on any atom is -0.391 e. The summed E-state index contributed by atoms with van der Waals surface area (Å²) in [5.74, 6) is 0.602. The zero-order chi connectivity index (χ0) is 30.1. The minimum absolute atomic E-state index is 0.101. The summed E-state index contributed by atoms with van der Waals surface area (Å²) in [5.41, 5.74) is 5.81. The van der Waals surface area contributed by atoms with Crippen LogP contribution in [0.1, 0.15) is 65.0 Å². The van der Waals surface area contributed by atoms with Crippen molar-refractivity contribution in [2.24, 2.45) is 5.92 Å². The molecule has 0 saturated carbocycles. The highest BCUT2D eigenvalue weighted by molar-refractivity contribution is 5.73. The molecule has 1 amide bonds. The molecule has 0 aliphatic rings. The monoisotopic (exact) mass is 541 g/mol. The molecule has 0 aliphatic heterocycles. The number of aldehydes is 1. The number of amides is 1. The summed E-state index contributed by atoms with van der Waals surface area (Å²) in [6, 6.07) is 16.5. The van der Waals surface area contributed by atoms with E-state index in [2.05, 4.69) is 74.3 Å². The van der Waals surface area contributed by atoms with Crippen molar-refractivity contribution in [3.8, 4) is 17.2 Å². The number of carbonyl (C=O) groups is 2. The van der Waals surface area contributed by atoms with Gasteiger partial charge in [0, 0.05) is 32.8 Å². The van der Waals surface area contributed by atoms with E-state index in [4.69, 9.17) is 10.00 Å². The zero-order valence-electron chi connectivity index (χ0n) is 25.4. The number of hydrogen-bond donors (Lipinski definition) is 2. The van der Waals surface area contributed by atoms with Crippen LogP contribution in [0.5, 0.6) is 0 Å². The normalized spacial score (nSPS) is 11.0. The van der Waals surface area contributed by atoms with Gasteiger partial charge in [0.15, 0.2) is 0 Å². The Labute approximate surface area is 237 Å². The standard InChI is InChI=1S/C17H19NO.C10H22O2.C3H4N2O.C2H6/c1-13-4-6-14(7-5-13)16-9-8-15(10-11-19)17(12-16)18(2)3;1-4-6-12-8-10(11)7-9(3)5-2;4-1-2-5-3-6;1-2/h4-9,11-12H,10H2,1-3H3;9-11H,4-8H2,1-3H3;3H,2H2,(H,5,6);1-2H3. The molecule has 7 nitrogen and oxygen atoms in total. The third-order valence-electron chi connectivity index (χ3n) is 5.55. The van der Waals surface area contributed by atoms with E-state index >= 15 is 0 Å². The molecule has 2 rings (SSSR count). The van der Waals surface area contributed by atoms with Gasteiger partial charge in [0.1, 0.15) is 12.8 Å². The molecule has 0 aliphatic carbocycles. The van der Waals surface area contributed by atoms with Crippen LogP contribution in [0.25, 0.3) is 11.1 Å². The van der Waals surface area contributed by atoms with Crippen LogP contribution in [0.4, 0.5) is 5.69 Å². The first-order valence-electron chi connectivity index (χ1n) is 13.8. The van der Waals surface area contributed by atoms with E-state index in [0.717, 1.165) is 43.4 Å². The maximum absolute atomic E-state index is 10.7. The Hall–Kier alpha value is -3.21. The van der Waals surface area contributed by atoms with E-state index in [1.807, 2.05) is 34.0 Å². The molecule has 2 aromatic rings. The number of aryl methyl sites for hydroxylation is 1. The fourth-order valence-electron chi connectivity index (χ4n) is 3.32. The predicted octanol–water partition coefficient (Wildman–Crippen LogP) is 5.96. The first-order chi connectivity index (χ1) is 18.7. The largest absolute Gasteiger partial charge is 0.391 e. The van der Waals surface area contributed by atoms with Crippen molar-refractivity contribution in [3.63, 3.8) is 0 Å². The van der Waals surface area contributed by atoms with Gasteiger partial charge >= 0.3 is 0 Å². The van der Waals surface area contributed by atoms with Gasteiger partial charge in [-0.1, -0.05) is 83.0 Å². The van der Waals surface area contributed by atoms with Gasteiger partial charge in [-0.3, -0.25) is 4.79 Å². The highest BCUT2D eigenvalue weighted by Crippen LogP contribution is 2.27. The molecule has 2 atom stereocenters. The first kappa shape index (κ1) is 37.9. The van der Waals surface area contributed by atoms with E-state index in [9.17, 15) is 14.7 Å². The number of rotatable bonds is 13. The Kier molecular flexibility index (Phi) is 24.4. The third kappa shape index (κ3) is 18.6. The molecule has 2 unspecified atom stereocenters. The lowest BCUT2D eigenvalue weighted by atomic mass is 10.00. The van der Waals surface area contributed by atoms with Gasteiger partial charge in [0.2, 0.25) is 6.41 Å². The topological polar surface area (TPSA) is 103 Å². The number of nitriles is 1. The molecular formula is C32H51N3O4. The molecule has 0 bridgehead atoms. The Balaban J connectivity index is 0. The van der Waals surface area contributed by atoms with E-state index in [1.165, 1.54) is 16.7 Å². The van der Waals surface area contributed by atoms with Crippen molar-refractivity contribution < 1.29 is 19.4 Å². The average Bonchev–Trinajstić information content (AvgIpc) is 2.94. The highest BCUT2D eigenvalue weighted by atomic mass is 16.5. The maximum Gasteiger partial charge on any atom is 0.207 e. The molecule has 39 heavy (non-hydrogen) atoms. The molecule has 2 aromatic carbocycles. The fraction of sp³-hybridized carbons (Fsp3) is 0.531. The van der Waals surface area contributed by atoms with Crippen molar-refractivity contribution in [2.45, 2.75) is 73.3 Å². The molecular weight excluding hydrogens is 490 g/mol. The summed E-state index contributed by atoms with van der Waals surface area (Å²) in [6.45, 7) is 13.8. The molecule has 7 heteroatoms. The van der Waals surface area contributed by atoms with Crippen LogP contribution in [0.3, 0.4) is 0 Å². The quantitative estimate of drug-likeness (QED) is 0.184. The van der Waals surface area contributed by atoms with Crippen LogP contribution in [0, 0.1) is 24.2 Å². The summed E-state index contributed by atoms with van der Waals surface area (Å²) >= 11 is 0. The van der Waals surface area contributed by atoms with Crippen molar-refractivity contribution in [2.75, 3.05) is 38.8 Å². The lowest BCUT2D eigenvalue weighted by Gasteiger charge is -2.18. The molecule has 2 N–H and O–H groups in total. The Bertz CT molecular complexity index is 924. The second-order valence-corrected chi connectivity index (χ2v) is 9.11. The number of ether oxygens (including phenoxy) is 1. The number of hydrogen-bond acceptors (Lipinski definition) is 6. The number of aliphatic hydroxyl groups is 1. The summed E-state index contributed by atoms with van der Waals surface area (Å²) in [6.07, 6.45) is 4.64. The van der Waals surface area contributed by atoms with Gasteiger partial charge in [-0.05, 0) is 48.4 Å². The lowest BCUT2D eigenvalue weighted by molar-refractivity contribution is -0.109. The molecule has 0 radical (unpaired) electrons. The maximum atomic E-state index is 10.7. The molecule has 0 fully saturated rings. The van der Waals surface area contributed by atoms with Gasteiger partial charge in [0.25, 0.3) is 0 Å². The van der Waals surface area contributed by atoms with Crippen molar-refractivity contribution in [1.82, 2.24) is 5.32 Å². The number of benzene rings is 2. The van der Waals surface area contributed by atoms with Crippen molar-refractivity contribution in [1.29, 1.82) is 5.26 Å². The highest BCUT2D eigenvalue weighted by Gasteiger charge is 2.08. The summed E-state index contributed by atoms with van der Waals surface area (Å²) in [4.78, 5) is 22.1. The third-order valence-corrected chi connectivity index (χ3v) is 5.55. The molecule has 0 spiro atoms. The number of carbonyl (C=O) groups excluding carboxylic acids is 2. The Morgan fingerprint density at radius 1 is 1.08 bits per heavy atom. The van der Waals surface area contributed by atoms with Crippen LogP contribution in [0.2, 0.25) is 0 Å². The SMILES string of the molecule is CC.CCCOCC(O)CC(C)CC.Cc1ccc(-c2ccc(CC=O)c(N(C)C)c2)cc1.N#CCNC=O. The van der Waals surface area contributed by atoms with Crippen molar-refractivity contribution >= 4 is 18.4 Å². The summed E-state index contributed by atoms with van der Waals surface area (Å²) in [5, 5.41) is 19.3. The van der Waals surface area contributed by atoms with E-state index in [1.54, 1.807) is 6.07 Å². The van der Waals surface area contributed by atoms with Crippen LogP contribution < -0.4 is 10.2 Å². The van der Waals surface area contributed by atoms with Gasteiger partial charge < -0.3 is 24.9 Å². The van der Waals surface area contributed by atoms with Crippen LogP contribution in [-0.4, -0.2) is 57.8 Å². The number of aliphatic hydroxyl groups excluding tert-OH is 1. The zero-order valence-corrected chi connectivity index (χ0v) is 25.4. The fourth-order valence-corrected chi connectivity index (χ4v) is 3.32. The second-order valence-electron chi connectivity index (χ2n) is 9.11. The molecule has 0 heterocycles. The van der Waals surface area contributed by atoms with E-state index in [-0.39, 0.29) is 12.6 Å². The van der Waals surface area contributed by atoms with Gasteiger partial charge in [-0.2, -0.15) is 5.26 Å². The Morgan fingerprint density at radius 3 is 2.15 bits per heavy atom. The molecule has 0 saturated heterocycles. The number of anilines is 1. The minimum atomic E-state index is -0.272. The van der Waals surface area contributed by atoms with E-state index < -0.39 is 0 Å².